The molecule has 0 heterocycles. The van der Waals surface area contributed by atoms with Gasteiger partial charge in [-0.3, -0.25) is 0 Å². The predicted molar refractivity (Wildman–Crippen MR) is 82.2 cm³/mol. The first-order valence-corrected chi connectivity index (χ1v) is 7.79. The maximum absolute atomic E-state index is 6.04. The highest BCUT2D eigenvalue weighted by Gasteiger charge is 2.37. The zero-order valence-corrected chi connectivity index (χ0v) is 12.9. The standard InChI is InChI=1S/C17H27NO2/c1-4-12-18-16(17(20-5-2)14-6-7-14)13-8-10-15(19-3)11-9-13/h8-11,14,16-18H,4-7,12H2,1-3H3. The van der Waals surface area contributed by atoms with Crippen LogP contribution in [-0.4, -0.2) is 26.4 Å². The third kappa shape index (κ3) is 3.97. The van der Waals surface area contributed by atoms with Gasteiger partial charge in [0.25, 0.3) is 0 Å². The average molecular weight is 277 g/mol. The summed E-state index contributed by atoms with van der Waals surface area (Å²) in [5.41, 5.74) is 1.30. The van der Waals surface area contributed by atoms with E-state index in [1.807, 2.05) is 12.1 Å². The molecule has 0 bridgehead atoms. The third-order valence-corrected chi connectivity index (χ3v) is 3.86. The van der Waals surface area contributed by atoms with Gasteiger partial charge in [-0.25, -0.2) is 0 Å². The second-order valence-corrected chi connectivity index (χ2v) is 5.46. The number of hydrogen-bond acceptors (Lipinski definition) is 3. The number of hydrogen-bond donors (Lipinski definition) is 1. The minimum atomic E-state index is 0.285. The highest BCUT2D eigenvalue weighted by atomic mass is 16.5. The van der Waals surface area contributed by atoms with E-state index in [0.29, 0.717) is 12.0 Å². The summed E-state index contributed by atoms with van der Waals surface area (Å²) in [5.74, 6) is 1.62. The van der Waals surface area contributed by atoms with Crippen LogP contribution in [0.1, 0.15) is 44.7 Å². The van der Waals surface area contributed by atoms with E-state index in [1.165, 1.54) is 18.4 Å². The molecule has 2 unspecified atom stereocenters. The lowest BCUT2D eigenvalue weighted by Crippen LogP contribution is -2.36. The Hall–Kier alpha value is -1.06. The smallest absolute Gasteiger partial charge is 0.118 e. The molecule has 2 atom stereocenters. The van der Waals surface area contributed by atoms with Crippen LogP contribution in [0.5, 0.6) is 5.75 Å². The van der Waals surface area contributed by atoms with Gasteiger partial charge in [0.05, 0.1) is 19.3 Å². The quantitative estimate of drug-likeness (QED) is 0.749. The summed E-state index contributed by atoms with van der Waals surface area (Å²) in [7, 11) is 1.70. The largest absolute Gasteiger partial charge is 0.497 e. The average Bonchev–Trinajstić information content (AvgIpc) is 3.31. The van der Waals surface area contributed by atoms with Crippen LogP contribution in [-0.2, 0) is 4.74 Å². The lowest BCUT2D eigenvalue weighted by Gasteiger charge is -2.28. The Morgan fingerprint density at radius 2 is 1.90 bits per heavy atom. The molecular formula is C17H27NO2. The van der Waals surface area contributed by atoms with Crippen molar-refractivity contribution in [2.45, 2.75) is 45.3 Å². The summed E-state index contributed by atoms with van der Waals surface area (Å²) in [5, 5.41) is 3.66. The SMILES string of the molecule is CCCNC(c1ccc(OC)cc1)C(OCC)C1CC1. The molecule has 0 saturated heterocycles. The van der Waals surface area contributed by atoms with E-state index >= 15 is 0 Å². The van der Waals surface area contributed by atoms with Crippen LogP contribution in [0, 0.1) is 5.92 Å². The number of nitrogens with one attached hydrogen (secondary N) is 1. The van der Waals surface area contributed by atoms with Crippen molar-refractivity contribution in [3.63, 3.8) is 0 Å². The molecule has 1 fully saturated rings. The highest BCUT2D eigenvalue weighted by Crippen LogP contribution is 2.40. The molecule has 0 radical (unpaired) electrons. The summed E-state index contributed by atoms with van der Waals surface area (Å²) in [6.07, 6.45) is 4.02. The molecule has 0 amide bonds. The Morgan fingerprint density at radius 3 is 2.40 bits per heavy atom. The van der Waals surface area contributed by atoms with Gasteiger partial charge in [-0.2, -0.15) is 0 Å². The summed E-state index contributed by atoms with van der Waals surface area (Å²) >= 11 is 0. The summed E-state index contributed by atoms with van der Waals surface area (Å²) in [6.45, 7) is 6.08. The van der Waals surface area contributed by atoms with Crippen LogP contribution in [0.4, 0.5) is 0 Å². The van der Waals surface area contributed by atoms with Gasteiger partial charge in [0.15, 0.2) is 0 Å². The first kappa shape index (κ1) is 15.3. The van der Waals surface area contributed by atoms with Crippen LogP contribution >= 0.6 is 0 Å². The van der Waals surface area contributed by atoms with Crippen molar-refractivity contribution in [3.8, 4) is 5.75 Å². The fourth-order valence-corrected chi connectivity index (χ4v) is 2.66. The van der Waals surface area contributed by atoms with Gasteiger partial charge in [-0.15, -0.1) is 0 Å². The lowest BCUT2D eigenvalue weighted by molar-refractivity contribution is 0.0186. The van der Waals surface area contributed by atoms with Crippen molar-refractivity contribution >= 4 is 0 Å². The maximum atomic E-state index is 6.04. The van der Waals surface area contributed by atoms with Crippen molar-refractivity contribution in [3.05, 3.63) is 29.8 Å². The fourth-order valence-electron chi connectivity index (χ4n) is 2.66. The van der Waals surface area contributed by atoms with Crippen molar-refractivity contribution in [2.75, 3.05) is 20.3 Å². The van der Waals surface area contributed by atoms with E-state index in [1.54, 1.807) is 7.11 Å². The fraction of sp³-hybridized carbons (Fsp3) is 0.647. The Bertz CT molecular complexity index is 386. The van der Waals surface area contributed by atoms with Gasteiger partial charge in [0.1, 0.15) is 5.75 Å². The van der Waals surface area contributed by atoms with Crippen LogP contribution in [0.15, 0.2) is 24.3 Å². The molecule has 20 heavy (non-hydrogen) atoms. The number of ether oxygens (including phenoxy) is 2. The Balaban J connectivity index is 2.15. The van der Waals surface area contributed by atoms with E-state index in [9.17, 15) is 0 Å². The van der Waals surface area contributed by atoms with Crippen molar-refractivity contribution in [1.29, 1.82) is 0 Å². The molecule has 0 aliphatic heterocycles. The number of rotatable bonds is 9. The minimum absolute atomic E-state index is 0.285. The molecule has 0 spiro atoms. The van der Waals surface area contributed by atoms with Gasteiger partial charge in [0, 0.05) is 6.61 Å². The number of methoxy groups -OCH3 is 1. The zero-order valence-electron chi connectivity index (χ0n) is 12.9. The van der Waals surface area contributed by atoms with Gasteiger partial charge in [0.2, 0.25) is 0 Å². The topological polar surface area (TPSA) is 30.5 Å². The zero-order chi connectivity index (χ0) is 14.4. The second-order valence-electron chi connectivity index (χ2n) is 5.46. The molecular weight excluding hydrogens is 250 g/mol. The molecule has 1 saturated carbocycles. The third-order valence-electron chi connectivity index (χ3n) is 3.86. The Morgan fingerprint density at radius 1 is 1.20 bits per heavy atom. The van der Waals surface area contributed by atoms with Gasteiger partial charge >= 0.3 is 0 Å². The Labute approximate surface area is 122 Å². The van der Waals surface area contributed by atoms with E-state index in [4.69, 9.17) is 9.47 Å². The lowest BCUT2D eigenvalue weighted by atomic mass is 9.97. The minimum Gasteiger partial charge on any atom is -0.497 e. The summed E-state index contributed by atoms with van der Waals surface area (Å²) < 4.78 is 11.3. The predicted octanol–water partition coefficient (Wildman–Crippen LogP) is 3.55. The van der Waals surface area contributed by atoms with Crippen LogP contribution < -0.4 is 10.1 Å². The molecule has 112 valence electrons. The molecule has 1 aliphatic carbocycles. The molecule has 3 heteroatoms. The van der Waals surface area contributed by atoms with Crippen molar-refractivity contribution in [2.24, 2.45) is 5.92 Å². The molecule has 1 aromatic rings. The second kappa shape index (κ2) is 7.65. The summed E-state index contributed by atoms with van der Waals surface area (Å²) in [4.78, 5) is 0. The van der Waals surface area contributed by atoms with Crippen LogP contribution in [0.2, 0.25) is 0 Å². The van der Waals surface area contributed by atoms with Crippen molar-refractivity contribution < 1.29 is 9.47 Å². The monoisotopic (exact) mass is 277 g/mol. The normalized spacial score (nSPS) is 17.8. The van der Waals surface area contributed by atoms with E-state index in [2.05, 4.69) is 31.3 Å². The highest BCUT2D eigenvalue weighted by molar-refractivity contribution is 5.30. The molecule has 3 nitrogen and oxygen atoms in total. The Kier molecular flexibility index (Phi) is 5.86. The van der Waals surface area contributed by atoms with Crippen molar-refractivity contribution in [1.82, 2.24) is 5.32 Å². The first-order valence-electron chi connectivity index (χ1n) is 7.79. The van der Waals surface area contributed by atoms with Crippen LogP contribution in [0.25, 0.3) is 0 Å². The number of benzene rings is 1. The van der Waals surface area contributed by atoms with E-state index in [-0.39, 0.29) is 6.04 Å². The molecule has 0 aromatic heterocycles. The molecule has 1 N–H and O–H groups in total. The van der Waals surface area contributed by atoms with E-state index in [0.717, 1.165) is 25.3 Å². The maximum Gasteiger partial charge on any atom is 0.118 e. The van der Waals surface area contributed by atoms with Crippen LogP contribution in [0.3, 0.4) is 0 Å². The molecule has 2 rings (SSSR count). The van der Waals surface area contributed by atoms with E-state index < -0.39 is 0 Å². The molecule has 1 aromatic carbocycles. The molecule has 1 aliphatic rings. The van der Waals surface area contributed by atoms with Gasteiger partial charge < -0.3 is 14.8 Å². The summed E-state index contributed by atoms with van der Waals surface area (Å²) in [6, 6.07) is 8.66. The van der Waals surface area contributed by atoms with Gasteiger partial charge in [-0.1, -0.05) is 19.1 Å². The van der Waals surface area contributed by atoms with Gasteiger partial charge in [-0.05, 0) is 56.3 Å². The first-order chi connectivity index (χ1) is 9.80.